The van der Waals surface area contributed by atoms with Gasteiger partial charge in [0.05, 0.1) is 5.56 Å². The van der Waals surface area contributed by atoms with Crippen LogP contribution in [0.1, 0.15) is 22.3 Å². The first-order valence-corrected chi connectivity index (χ1v) is 5.11. The van der Waals surface area contributed by atoms with Crippen LogP contribution in [0.3, 0.4) is 0 Å². The average molecular weight is 238 g/mol. The Morgan fingerprint density at radius 2 is 2.18 bits per heavy atom. The van der Waals surface area contributed by atoms with Crippen LogP contribution in [0, 0.1) is 6.92 Å². The summed E-state index contributed by atoms with van der Waals surface area (Å²) < 4.78 is 0. The summed E-state index contributed by atoms with van der Waals surface area (Å²) in [5.74, 6) is -1.63. The van der Waals surface area contributed by atoms with Crippen LogP contribution in [0.15, 0.2) is 18.5 Å². The molecule has 1 amide bonds. The van der Waals surface area contributed by atoms with Crippen molar-refractivity contribution in [3.63, 3.8) is 0 Å². The zero-order valence-electron chi connectivity index (χ0n) is 9.38. The van der Waals surface area contributed by atoms with E-state index in [2.05, 4.69) is 10.3 Å². The van der Waals surface area contributed by atoms with E-state index in [0.29, 0.717) is 5.56 Å². The molecule has 0 aromatic carbocycles. The van der Waals surface area contributed by atoms with E-state index in [4.69, 9.17) is 10.2 Å². The van der Waals surface area contributed by atoms with E-state index in [1.807, 2.05) is 6.92 Å². The average Bonchev–Trinajstić information content (AvgIpc) is 2.28. The molecule has 1 aromatic rings. The van der Waals surface area contributed by atoms with Crippen molar-refractivity contribution in [1.82, 2.24) is 10.3 Å². The van der Waals surface area contributed by atoms with E-state index < -0.39 is 12.1 Å². The predicted octanol–water partition coefficient (Wildman–Crippen LogP) is -0.0446. The quantitative estimate of drug-likeness (QED) is 0.668. The lowest BCUT2D eigenvalue weighted by molar-refractivity contribution is -0.146. The van der Waals surface area contributed by atoms with Crippen LogP contribution in [0.2, 0.25) is 0 Å². The number of hydrogen-bond donors (Lipinski definition) is 3. The van der Waals surface area contributed by atoms with E-state index in [9.17, 15) is 9.59 Å². The lowest BCUT2D eigenvalue weighted by Gasteiger charge is -2.07. The van der Waals surface area contributed by atoms with Crippen LogP contribution in [0.4, 0.5) is 0 Å². The Kier molecular flexibility index (Phi) is 4.59. The Bertz CT molecular complexity index is 420. The zero-order chi connectivity index (χ0) is 12.8. The molecule has 92 valence electrons. The molecule has 0 fully saturated rings. The summed E-state index contributed by atoms with van der Waals surface area (Å²) in [4.78, 5) is 25.8. The number of amides is 1. The van der Waals surface area contributed by atoms with E-state index in [1.54, 1.807) is 12.3 Å². The maximum atomic E-state index is 11.6. The number of aliphatic hydroxyl groups is 1. The molecule has 6 heteroatoms. The number of aromatic nitrogens is 1. The standard InChI is InChI=1S/C11H14N2O4/c1-7-4-8(6-12-5-7)10(15)13-3-2-9(14)11(16)17/h4-6,9,14H,2-3H2,1H3,(H,13,15)(H,16,17). The molecule has 17 heavy (non-hydrogen) atoms. The van der Waals surface area contributed by atoms with Gasteiger partial charge in [0.15, 0.2) is 6.10 Å². The lowest BCUT2D eigenvalue weighted by Crippen LogP contribution is -2.30. The van der Waals surface area contributed by atoms with E-state index >= 15 is 0 Å². The van der Waals surface area contributed by atoms with Gasteiger partial charge in [-0.25, -0.2) is 4.79 Å². The number of hydrogen-bond acceptors (Lipinski definition) is 4. The van der Waals surface area contributed by atoms with Crippen LogP contribution < -0.4 is 5.32 Å². The summed E-state index contributed by atoms with van der Waals surface area (Å²) in [6.45, 7) is 1.91. The summed E-state index contributed by atoms with van der Waals surface area (Å²) in [7, 11) is 0. The number of aliphatic hydroxyl groups excluding tert-OH is 1. The zero-order valence-corrected chi connectivity index (χ0v) is 9.38. The highest BCUT2D eigenvalue weighted by Gasteiger charge is 2.13. The number of aryl methyl sites for hydroxylation is 1. The van der Waals surface area contributed by atoms with Crippen LogP contribution >= 0.6 is 0 Å². The van der Waals surface area contributed by atoms with Gasteiger partial charge < -0.3 is 15.5 Å². The summed E-state index contributed by atoms with van der Waals surface area (Å²) in [6, 6.07) is 1.68. The Hall–Kier alpha value is -1.95. The SMILES string of the molecule is Cc1cncc(C(=O)NCCC(O)C(=O)O)c1. The van der Waals surface area contributed by atoms with Crippen molar-refractivity contribution in [1.29, 1.82) is 0 Å². The summed E-state index contributed by atoms with van der Waals surface area (Å²) in [5, 5.41) is 19.9. The van der Waals surface area contributed by atoms with Gasteiger partial charge in [0.25, 0.3) is 5.91 Å². The molecular weight excluding hydrogens is 224 g/mol. The van der Waals surface area contributed by atoms with Gasteiger partial charge in [-0.2, -0.15) is 0 Å². The van der Waals surface area contributed by atoms with Crippen molar-refractivity contribution in [2.75, 3.05) is 6.54 Å². The highest BCUT2D eigenvalue weighted by Crippen LogP contribution is 2.01. The van der Waals surface area contributed by atoms with Gasteiger partial charge >= 0.3 is 5.97 Å². The topological polar surface area (TPSA) is 99.5 Å². The molecule has 1 aromatic heterocycles. The molecular formula is C11H14N2O4. The largest absolute Gasteiger partial charge is 0.479 e. The third-order valence-corrected chi connectivity index (χ3v) is 2.13. The van der Waals surface area contributed by atoms with E-state index in [-0.39, 0.29) is 18.9 Å². The molecule has 0 saturated heterocycles. The van der Waals surface area contributed by atoms with E-state index in [1.165, 1.54) is 6.20 Å². The maximum Gasteiger partial charge on any atom is 0.332 e. The molecule has 1 heterocycles. The third kappa shape index (κ3) is 4.20. The van der Waals surface area contributed by atoms with Gasteiger partial charge in [0.1, 0.15) is 0 Å². The van der Waals surface area contributed by atoms with Crippen molar-refractivity contribution in [2.45, 2.75) is 19.4 Å². The van der Waals surface area contributed by atoms with Crippen molar-refractivity contribution >= 4 is 11.9 Å². The van der Waals surface area contributed by atoms with Gasteiger partial charge in [0.2, 0.25) is 0 Å². The van der Waals surface area contributed by atoms with Gasteiger partial charge in [0, 0.05) is 25.4 Å². The van der Waals surface area contributed by atoms with Crippen molar-refractivity contribution < 1.29 is 19.8 Å². The second-order valence-corrected chi connectivity index (χ2v) is 3.65. The first-order chi connectivity index (χ1) is 8.00. The Morgan fingerprint density at radius 1 is 1.47 bits per heavy atom. The first-order valence-electron chi connectivity index (χ1n) is 5.11. The Morgan fingerprint density at radius 3 is 2.76 bits per heavy atom. The van der Waals surface area contributed by atoms with Gasteiger partial charge in [-0.05, 0) is 18.6 Å². The van der Waals surface area contributed by atoms with Gasteiger partial charge in [-0.3, -0.25) is 9.78 Å². The number of aliphatic carboxylic acids is 1. The first kappa shape index (κ1) is 13.1. The number of carbonyl (C=O) groups excluding carboxylic acids is 1. The van der Waals surface area contributed by atoms with Crippen LogP contribution in [0.25, 0.3) is 0 Å². The number of nitrogens with zero attached hydrogens (tertiary/aromatic N) is 1. The van der Waals surface area contributed by atoms with E-state index in [0.717, 1.165) is 5.56 Å². The Labute approximate surface area is 98.3 Å². The second kappa shape index (κ2) is 5.95. The molecule has 6 nitrogen and oxygen atoms in total. The summed E-state index contributed by atoms with van der Waals surface area (Å²) in [5.41, 5.74) is 1.28. The third-order valence-electron chi connectivity index (χ3n) is 2.13. The van der Waals surface area contributed by atoms with Gasteiger partial charge in [-0.15, -0.1) is 0 Å². The van der Waals surface area contributed by atoms with Gasteiger partial charge in [-0.1, -0.05) is 0 Å². The molecule has 1 unspecified atom stereocenters. The number of carboxylic acids is 1. The van der Waals surface area contributed by atoms with Crippen molar-refractivity contribution in [2.24, 2.45) is 0 Å². The molecule has 0 aliphatic carbocycles. The predicted molar refractivity (Wildman–Crippen MR) is 59.6 cm³/mol. The fourth-order valence-corrected chi connectivity index (χ4v) is 1.23. The minimum atomic E-state index is -1.45. The fourth-order valence-electron chi connectivity index (χ4n) is 1.23. The normalized spacial score (nSPS) is 11.9. The van der Waals surface area contributed by atoms with Crippen LogP contribution in [-0.2, 0) is 4.79 Å². The summed E-state index contributed by atoms with van der Waals surface area (Å²) >= 11 is 0. The maximum absolute atomic E-state index is 11.6. The lowest BCUT2D eigenvalue weighted by atomic mass is 10.2. The molecule has 1 atom stereocenters. The second-order valence-electron chi connectivity index (χ2n) is 3.65. The molecule has 3 N–H and O–H groups in total. The Balaban J connectivity index is 2.43. The number of rotatable bonds is 5. The van der Waals surface area contributed by atoms with Crippen molar-refractivity contribution in [3.8, 4) is 0 Å². The highest BCUT2D eigenvalue weighted by atomic mass is 16.4. The van der Waals surface area contributed by atoms with Crippen LogP contribution in [0.5, 0.6) is 0 Å². The summed E-state index contributed by atoms with van der Waals surface area (Å²) in [6.07, 6.45) is 1.58. The molecule has 0 bridgehead atoms. The number of carbonyl (C=O) groups is 2. The molecule has 0 aliphatic rings. The highest BCUT2D eigenvalue weighted by molar-refractivity contribution is 5.94. The number of carboxylic acid groups (broad SMARTS) is 1. The monoisotopic (exact) mass is 238 g/mol. The smallest absolute Gasteiger partial charge is 0.332 e. The number of pyridine rings is 1. The molecule has 0 radical (unpaired) electrons. The molecule has 1 rings (SSSR count). The molecule has 0 spiro atoms. The van der Waals surface area contributed by atoms with Crippen molar-refractivity contribution in [3.05, 3.63) is 29.6 Å². The molecule has 0 saturated carbocycles. The van der Waals surface area contributed by atoms with Crippen LogP contribution in [-0.4, -0.2) is 39.7 Å². The minimum Gasteiger partial charge on any atom is -0.479 e. The molecule has 0 aliphatic heterocycles. The number of nitrogens with one attached hydrogen (secondary N) is 1. The fraction of sp³-hybridized carbons (Fsp3) is 0.364. The minimum absolute atomic E-state index is 0.0275.